The molecule has 4 amide bonds. The molecule has 6 atom stereocenters. The molecule has 1 saturated carbocycles. The van der Waals surface area contributed by atoms with E-state index in [1.165, 1.54) is 36.3 Å². The summed E-state index contributed by atoms with van der Waals surface area (Å²) in [5, 5.41) is 10.4. The third kappa shape index (κ3) is 4.32. The van der Waals surface area contributed by atoms with Crippen molar-refractivity contribution < 1.29 is 33.4 Å². The summed E-state index contributed by atoms with van der Waals surface area (Å²) in [6.45, 7) is 2.00. The van der Waals surface area contributed by atoms with Crippen LogP contribution in [0.4, 0.5) is 15.8 Å². The van der Waals surface area contributed by atoms with Crippen molar-refractivity contribution >= 4 is 69.8 Å². The first kappa shape index (κ1) is 31.7. The number of ether oxygens (including phenoxy) is 1. The molecule has 4 aliphatic rings. The molecule has 8 nitrogen and oxygen atoms in total. The number of halogens is 4. The van der Waals surface area contributed by atoms with Gasteiger partial charge in [0.25, 0.3) is 11.8 Å². The van der Waals surface area contributed by atoms with E-state index in [4.69, 9.17) is 39.5 Å². The number of amides is 4. The molecule has 3 fully saturated rings. The summed E-state index contributed by atoms with van der Waals surface area (Å²) in [4.78, 5) is 54.8. The molecule has 12 heteroatoms. The third-order valence-electron chi connectivity index (χ3n) is 10.1. The maximum absolute atomic E-state index is 14.5. The molecule has 1 N–H and O–H groups in total. The molecule has 3 aromatic rings. The second kappa shape index (κ2) is 11.1. The number of anilines is 2. The van der Waals surface area contributed by atoms with Gasteiger partial charge in [0, 0.05) is 5.92 Å². The summed E-state index contributed by atoms with van der Waals surface area (Å²) < 4.78 is 19.2. The topological polar surface area (TPSA) is 104 Å². The summed E-state index contributed by atoms with van der Waals surface area (Å²) in [6, 6.07) is 14.9. The van der Waals surface area contributed by atoms with Gasteiger partial charge in [-0.3, -0.25) is 24.1 Å². The van der Waals surface area contributed by atoms with Crippen molar-refractivity contribution in [2.45, 2.75) is 41.9 Å². The van der Waals surface area contributed by atoms with Crippen molar-refractivity contribution in [1.29, 1.82) is 0 Å². The van der Waals surface area contributed by atoms with Gasteiger partial charge in [0.1, 0.15) is 5.82 Å². The molecule has 0 spiro atoms. The second-order valence-corrected chi connectivity index (χ2v) is 14.0. The number of methoxy groups -OCH3 is 1. The minimum absolute atomic E-state index is 0.00895. The van der Waals surface area contributed by atoms with Crippen LogP contribution in [-0.2, 0) is 25.6 Å². The number of carbonyl (C=O) groups excluding carboxylic acids is 4. The summed E-state index contributed by atoms with van der Waals surface area (Å²) in [5.41, 5.74) is 2.42. The highest BCUT2D eigenvalue weighted by molar-refractivity contribution is 6.58. The van der Waals surface area contributed by atoms with Gasteiger partial charge in [0.2, 0.25) is 11.8 Å². The van der Waals surface area contributed by atoms with Crippen LogP contribution in [0.25, 0.3) is 0 Å². The standard InChI is InChI=1S/C35H28Cl3FN2O6/c1-3-17-4-8-20(9-5-17)40-30(43)23-13-12-22-24(27(23)31(40)44)16-34(37)32(45)41(21-10-6-19(39)7-11-21)33(46)35(34,38)28(22)18-14-25(36)29(42)26(15-18)47-2/h4-12,14-15,23-24,27-28,42H,3,13,16H2,1-2H3/t23-,24+,27-,28-,34+,35-/m0/s1. The number of imide groups is 2. The van der Waals surface area contributed by atoms with Gasteiger partial charge in [-0.1, -0.05) is 42.3 Å². The number of benzene rings is 3. The smallest absolute Gasteiger partial charge is 0.258 e. The summed E-state index contributed by atoms with van der Waals surface area (Å²) in [6.07, 6.45) is 2.54. The van der Waals surface area contributed by atoms with Crippen LogP contribution in [-0.4, -0.2) is 45.6 Å². The number of fused-ring (bicyclic) bond motifs is 4. The fraction of sp³-hybridized carbons (Fsp3) is 0.314. The van der Waals surface area contributed by atoms with E-state index in [2.05, 4.69) is 0 Å². The Kier molecular flexibility index (Phi) is 7.46. The van der Waals surface area contributed by atoms with E-state index >= 15 is 0 Å². The van der Waals surface area contributed by atoms with Crippen molar-refractivity contribution in [1.82, 2.24) is 0 Å². The highest BCUT2D eigenvalue weighted by Crippen LogP contribution is 2.66. The molecule has 0 aromatic heterocycles. The minimum Gasteiger partial charge on any atom is -0.503 e. The Hall–Kier alpha value is -3.92. The van der Waals surface area contributed by atoms with Crippen LogP contribution in [0.2, 0.25) is 5.02 Å². The van der Waals surface area contributed by atoms with Crippen LogP contribution in [0, 0.1) is 23.6 Å². The molecule has 2 saturated heterocycles. The Morgan fingerprint density at radius 3 is 2.19 bits per heavy atom. The molecule has 47 heavy (non-hydrogen) atoms. The van der Waals surface area contributed by atoms with E-state index in [9.17, 15) is 28.7 Å². The van der Waals surface area contributed by atoms with Crippen LogP contribution in [0.5, 0.6) is 11.5 Å². The van der Waals surface area contributed by atoms with E-state index in [1.807, 2.05) is 19.1 Å². The number of phenolic OH excluding ortho intramolecular Hbond substituents is 1. The lowest BCUT2D eigenvalue weighted by molar-refractivity contribution is -0.125. The van der Waals surface area contributed by atoms with E-state index in [0.29, 0.717) is 16.8 Å². The Bertz CT molecular complexity index is 1900. The van der Waals surface area contributed by atoms with Gasteiger partial charge in [0.05, 0.1) is 35.3 Å². The lowest BCUT2D eigenvalue weighted by Crippen LogP contribution is -2.60. The zero-order valence-electron chi connectivity index (χ0n) is 25.2. The number of hydrogen-bond donors (Lipinski definition) is 1. The van der Waals surface area contributed by atoms with E-state index in [-0.39, 0.29) is 41.0 Å². The predicted molar refractivity (Wildman–Crippen MR) is 175 cm³/mol. The van der Waals surface area contributed by atoms with E-state index in [0.717, 1.165) is 29.0 Å². The molecule has 2 aliphatic heterocycles. The number of phenols is 1. The maximum atomic E-state index is 14.5. The Morgan fingerprint density at radius 2 is 1.55 bits per heavy atom. The molecular weight excluding hydrogens is 670 g/mol. The number of nitrogens with zero attached hydrogens (tertiary/aromatic N) is 2. The molecule has 2 aliphatic carbocycles. The van der Waals surface area contributed by atoms with Gasteiger partial charge in [-0.15, -0.1) is 23.2 Å². The largest absolute Gasteiger partial charge is 0.503 e. The number of aromatic hydroxyl groups is 1. The lowest BCUT2D eigenvalue weighted by atomic mass is 9.56. The van der Waals surface area contributed by atoms with Crippen LogP contribution in [0.1, 0.15) is 36.8 Å². The van der Waals surface area contributed by atoms with Gasteiger partial charge in [-0.25, -0.2) is 9.29 Å². The number of allylic oxidation sites excluding steroid dienone is 2. The number of alkyl halides is 2. The van der Waals surface area contributed by atoms with Crippen molar-refractivity contribution in [3.05, 3.63) is 94.3 Å². The monoisotopic (exact) mass is 696 g/mol. The fourth-order valence-corrected chi connectivity index (χ4v) is 8.98. The highest BCUT2D eigenvalue weighted by atomic mass is 35.5. The molecule has 0 radical (unpaired) electrons. The highest BCUT2D eigenvalue weighted by Gasteiger charge is 2.76. The fourth-order valence-electron chi connectivity index (χ4n) is 7.82. The SMILES string of the molecule is CCc1ccc(N2C(=O)[C@H]3[C@H](CC=C4[C@H]3C[C@@]3(Cl)C(=O)N(c5ccc(F)cc5)C(=O)[C@@]3(Cl)[C@H]4c3cc(Cl)c(O)c(OC)c3)C2=O)cc1. The van der Waals surface area contributed by atoms with Crippen LogP contribution in [0.3, 0.4) is 0 Å². The van der Waals surface area contributed by atoms with Crippen molar-refractivity contribution in [3.8, 4) is 11.5 Å². The van der Waals surface area contributed by atoms with Crippen LogP contribution < -0.4 is 14.5 Å². The molecular formula is C35H28Cl3FN2O6. The van der Waals surface area contributed by atoms with E-state index < -0.39 is 57.0 Å². The van der Waals surface area contributed by atoms with Gasteiger partial charge < -0.3 is 9.84 Å². The Balaban J connectivity index is 1.40. The molecule has 3 aromatic carbocycles. The van der Waals surface area contributed by atoms with Crippen LogP contribution >= 0.6 is 34.8 Å². The zero-order valence-corrected chi connectivity index (χ0v) is 27.4. The normalized spacial score (nSPS) is 29.9. The Morgan fingerprint density at radius 1 is 0.915 bits per heavy atom. The van der Waals surface area contributed by atoms with Gasteiger partial charge in [-0.05, 0) is 84.8 Å². The van der Waals surface area contributed by atoms with Gasteiger partial charge in [0.15, 0.2) is 21.2 Å². The van der Waals surface area contributed by atoms with Crippen molar-refractivity contribution in [2.24, 2.45) is 17.8 Å². The summed E-state index contributed by atoms with van der Waals surface area (Å²) in [5.74, 6) is -6.95. The van der Waals surface area contributed by atoms with Gasteiger partial charge in [-0.2, -0.15) is 0 Å². The van der Waals surface area contributed by atoms with E-state index in [1.54, 1.807) is 18.2 Å². The lowest BCUT2D eigenvalue weighted by Gasteiger charge is -2.50. The third-order valence-corrected chi connectivity index (χ3v) is 11.8. The molecule has 7 rings (SSSR count). The molecule has 242 valence electrons. The van der Waals surface area contributed by atoms with Crippen molar-refractivity contribution in [3.63, 3.8) is 0 Å². The second-order valence-electron chi connectivity index (χ2n) is 12.3. The molecule has 0 bridgehead atoms. The Labute approximate surface area is 284 Å². The first-order chi connectivity index (χ1) is 22.4. The van der Waals surface area contributed by atoms with Gasteiger partial charge >= 0.3 is 0 Å². The zero-order chi connectivity index (χ0) is 33.6. The van der Waals surface area contributed by atoms with Crippen LogP contribution in [0.15, 0.2) is 72.3 Å². The number of hydrogen-bond acceptors (Lipinski definition) is 6. The number of aryl methyl sites for hydroxylation is 1. The summed E-state index contributed by atoms with van der Waals surface area (Å²) in [7, 11) is 1.33. The predicted octanol–water partition coefficient (Wildman–Crippen LogP) is 6.52. The quantitative estimate of drug-likeness (QED) is 0.185. The molecule has 2 heterocycles. The summed E-state index contributed by atoms with van der Waals surface area (Å²) >= 11 is 21.2. The average molecular weight is 698 g/mol. The average Bonchev–Trinajstić information content (AvgIpc) is 3.40. The number of rotatable bonds is 5. The minimum atomic E-state index is -2.15. The maximum Gasteiger partial charge on any atom is 0.258 e. The first-order valence-corrected chi connectivity index (χ1v) is 16.3. The number of carbonyl (C=O) groups is 4. The molecule has 0 unspecified atom stereocenters. The van der Waals surface area contributed by atoms with Crippen molar-refractivity contribution in [2.75, 3.05) is 16.9 Å². The first-order valence-electron chi connectivity index (χ1n) is 15.1.